The summed E-state index contributed by atoms with van der Waals surface area (Å²) in [5.41, 5.74) is 5.43. The highest BCUT2D eigenvalue weighted by Crippen LogP contribution is 2.20. The van der Waals surface area contributed by atoms with Crippen LogP contribution in [-0.4, -0.2) is 13.4 Å². The Kier molecular flexibility index (Phi) is 3.86. The van der Waals surface area contributed by atoms with E-state index in [1.165, 1.54) is 23.6 Å². The summed E-state index contributed by atoms with van der Waals surface area (Å²) in [6.45, 7) is 0.238. The number of anilines is 1. The Morgan fingerprint density at radius 1 is 1.50 bits per heavy atom. The van der Waals surface area contributed by atoms with Gasteiger partial charge in [-0.3, -0.25) is 0 Å². The number of nitrogens with zero attached hydrogens (tertiary/aromatic N) is 1. The molecule has 5 nitrogen and oxygen atoms in total. The van der Waals surface area contributed by atoms with Gasteiger partial charge < -0.3 is 5.73 Å². The van der Waals surface area contributed by atoms with E-state index in [4.69, 9.17) is 17.3 Å². The van der Waals surface area contributed by atoms with Crippen LogP contribution >= 0.6 is 22.9 Å². The molecule has 8 heteroatoms. The van der Waals surface area contributed by atoms with Gasteiger partial charge in [0.25, 0.3) is 0 Å². The first-order chi connectivity index (χ1) is 8.49. The molecule has 0 saturated heterocycles. The maximum atomic E-state index is 11.9. The van der Waals surface area contributed by atoms with Crippen molar-refractivity contribution in [2.24, 2.45) is 0 Å². The second kappa shape index (κ2) is 5.23. The molecule has 2 aromatic heterocycles. The van der Waals surface area contributed by atoms with Gasteiger partial charge in [0.05, 0.1) is 5.02 Å². The fraction of sp³-hybridized carbons (Fsp3) is 0.100. The Hall–Kier alpha value is -1.15. The highest BCUT2D eigenvalue weighted by molar-refractivity contribution is 7.89. The molecule has 0 amide bonds. The van der Waals surface area contributed by atoms with Crippen LogP contribution in [0, 0.1) is 0 Å². The van der Waals surface area contributed by atoms with Gasteiger partial charge in [-0.25, -0.2) is 18.1 Å². The minimum absolute atomic E-state index is 0.00161. The van der Waals surface area contributed by atoms with Crippen molar-refractivity contribution in [1.29, 1.82) is 0 Å². The summed E-state index contributed by atoms with van der Waals surface area (Å²) in [5.74, 6) is 0.105. The van der Waals surface area contributed by atoms with E-state index in [-0.39, 0.29) is 22.3 Å². The Bertz CT molecular complexity index is 641. The molecule has 0 aromatic carbocycles. The molecule has 18 heavy (non-hydrogen) atoms. The van der Waals surface area contributed by atoms with Gasteiger partial charge in [0.1, 0.15) is 10.7 Å². The lowest BCUT2D eigenvalue weighted by molar-refractivity contribution is 0.581. The van der Waals surface area contributed by atoms with E-state index in [0.717, 1.165) is 4.88 Å². The Morgan fingerprint density at radius 2 is 2.28 bits per heavy atom. The maximum absolute atomic E-state index is 11.9. The first-order valence-corrected chi connectivity index (χ1v) is 7.66. The van der Waals surface area contributed by atoms with Crippen molar-refractivity contribution in [2.75, 3.05) is 5.73 Å². The molecule has 0 spiro atoms. The molecule has 0 radical (unpaired) electrons. The molecule has 3 N–H and O–H groups in total. The van der Waals surface area contributed by atoms with Crippen LogP contribution in [0.1, 0.15) is 4.88 Å². The molecule has 2 rings (SSSR count). The average molecular weight is 304 g/mol. The molecular formula is C10H10ClN3O2S2. The van der Waals surface area contributed by atoms with Crippen LogP contribution < -0.4 is 10.5 Å². The van der Waals surface area contributed by atoms with Crippen molar-refractivity contribution >= 4 is 38.8 Å². The van der Waals surface area contributed by atoms with Gasteiger partial charge in [-0.1, -0.05) is 17.7 Å². The van der Waals surface area contributed by atoms with Gasteiger partial charge in [0.2, 0.25) is 10.0 Å². The summed E-state index contributed by atoms with van der Waals surface area (Å²) >= 11 is 7.22. The topological polar surface area (TPSA) is 85.1 Å². The number of nitrogens with one attached hydrogen (secondary N) is 1. The minimum Gasteiger partial charge on any atom is -0.382 e. The molecular weight excluding hydrogens is 294 g/mol. The molecule has 2 heterocycles. The van der Waals surface area contributed by atoms with Gasteiger partial charge in [0, 0.05) is 17.6 Å². The lowest BCUT2D eigenvalue weighted by Crippen LogP contribution is -2.23. The molecule has 2 aromatic rings. The quantitative estimate of drug-likeness (QED) is 0.903. The predicted molar refractivity (Wildman–Crippen MR) is 72.0 cm³/mol. The summed E-state index contributed by atoms with van der Waals surface area (Å²) in [7, 11) is -3.62. The van der Waals surface area contributed by atoms with Crippen LogP contribution in [0.5, 0.6) is 0 Å². The lowest BCUT2D eigenvalue weighted by atomic mass is 10.5. The number of pyridine rings is 1. The Labute approximate surface area is 114 Å². The molecule has 0 fully saturated rings. The van der Waals surface area contributed by atoms with Crippen molar-refractivity contribution in [2.45, 2.75) is 11.4 Å². The number of thiophene rings is 1. The summed E-state index contributed by atoms with van der Waals surface area (Å²) in [4.78, 5) is 4.64. The summed E-state index contributed by atoms with van der Waals surface area (Å²) < 4.78 is 26.4. The van der Waals surface area contributed by atoms with Crippen LogP contribution in [0.25, 0.3) is 0 Å². The van der Waals surface area contributed by atoms with Crippen molar-refractivity contribution in [1.82, 2.24) is 9.71 Å². The molecule has 0 unspecified atom stereocenters. The van der Waals surface area contributed by atoms with Gasteiger partial charge >= 0.3 is 0 Å². The number of aromatic nitrogens is 1. The van der Waals surface area contributed by atoms with Crippen molar-refractivity contribution in [3.05, 3.63) is 39.7 Å². The summed E-state index contributed by atoms with van der Waals surface area (Å²) in [6.07, 6.45) is 1.18. The zero-order chi connectivity index (χ0) is 13.2. The first-order valence-electron chi connectivity index (χ1n) is 4.92. The molecule has 0 aliphatic carbocycles. The van der Waals surface area contributed by atoms with Crippen molar-refractivity contribution in [3.8, 4) is 0 Å². The summed E-state index contributed by atoms with van der Waals surface area (Å²) in [5, 5.41) is 2.00. The third kappa shape index (κ3) is 2.99. The van der Waals surface area contributed by atoms with Crippen LogP contribution in [-0.2, 0) is 16.6 Å². The maximum Gasteiger partial charge on any atom is 0.242 e. The van der Waals surface area contributed by atoms with Crippen molar-refractivity contribution in [3.63, 3.8) is 0 Å². The molecule has 96 valence electrons. The number of rotatable bonds is 4. The number of hydrogen-bond donors (Lipinski definition) is 2. The number of nitrogen functional groups attached to an aromatic ring is 1. The van der Waals surface area contributed by atoms with Crippen molar-refractivity contribution < 1.29 is 8.42 Å². The third-order valence-corrected chi connectivity index (χ3v) is 4.72. The SMILES string of the molecule is Nc1ncc(S(=O)(=O)NCc2cccs2)cc1Cl. The highest BCUT2D eigenvalue weighted by Gasteiger charge is 2.15. The molecule has 0 aliphatic heterocycles. The zero-order valence-electron chi connectivity index (χ0n) is 9.13. The average Bonchev–Trinajstić information content (AvgIpc) is 2.83. The van der Waals surface area contributed by atoms with Gasteiger partial charge in [-0.2, -0.15) is 0 Å². The van der Waals surface area contributed by atoms with E-state index >= 15 is 0 Å². The third-order valence-electron chi connectivity index (χ3n) is 2.17. The molecule has 0 aliphatic rings. The second-order valence-electron chi connectivity index (χ2n) is 3.44. The van der Waals surface area contributed by atoms with Crippen LogP contribution in [0.4, 0.5) is 5.82 Å². The Balaban J connectivity index is 2.17. The van der Waals surface area contributed by atoms with Gasteiger partial charge in [0.15, 0.2) is 0 Å². The van der Waals surface area contributed by atoms with Crippen LogP contribution in [0.15, 0.2) is 34.7 Å². The molecule has 0 bridgehead atoms. The number of nitrogens with two attached hydrogens (primary N) is 1. The van der Waals surface area contributed by atoms with E-state index in [0.29, 0.717) is 0 Å². The Morgan fingerprint density at radius 3 is 2.89 bits per heavy atom. The zero-order valence-corrected chi connectivity index (χ0v) is 11.5. The fourth-order valence-electron chi connectivity index (χ4n) is 1.24. The fourth-order valence-corrected chi connectivity index (χ4v) is 3.18. The number of halogens is 1. The van der Waals surface area contributed by atoms with E-state index in [9.17, 15) is 8.42 Å². The molecule has 0 saturated carbocycles. The monoisotopic (exact) mass is 303 g/mol. The molecule has 0 atom stereocenters. The summed E-state index contributed by atoms with van der Waals surface area (Å²) in [6, 6.07) is 4.98. The van der Waals surface area contributed by atoms with Gasteiger partial charge in [-0.05, 0) is 17.5 Å². The highest BCUT2D eigenvalue weighted by atomic mass is 35.5. The smallest absolute Gasteiger partial charge is 0.242 e. The number of sulfonamides is 1. The van der Waals surface area contributed by atoms with E-state index in [1.807, 2.05) is 17.5 Å². The normalized spacial score (nSPS) is 11.6. The standard InChI is InChI=1S/C10H10ClN3O2S2/c11-9-4-8(6-13-10(9)12)18(15,16)14-5-7-2-1-3-17-7/h1-4,6,14H,5H2,(H2,12,13). The number of hydrogen-bond acceptors (Lipinski definition) is 5. The first kappa shape index (κ1) is 13.3. The predicted octanol–water partition coefficient (Wildman–Crippen LogP) is 1.86. The van der Waals surface area contributed by atoms with Crippen LogP contribution in [0.2, 0.25) is 5.02 Å². The largest absolute Gasteiger partial charge is 0.382 e. The van der Waals surface area contributed by atoms with E-state index in [1.54, 1.807) is 0 Å². The van der Waals surface area contributed by atoms with E-state index < -0.39 is 10.0 Å². The van der Waals surface area contributed by atoms with E-state index in [2.05, 4.69) is 9.71 Å². The second-order valence-corrected chi connectivity index (χ2v) is 6.65. The van der Waals surface area contributed by atoms with Gasteiger partial charge in [-0.15, -0.1) is 11.3 Å². The van der Waals surface area contributed by atoms with Crippen LogP contribution in [0.3, 0.4) is 0 Å². The minimum atomic E-state index is -3.62. The lowest BCUT2D eigenvalue weighted by Gasteiger charge is -2.06.